The molecule has 0 radical (unpaired) electrons. The Kier molecular flexibility index (Phi) is 6.33. The molecular formula is C18H22N2O5S. The zero-order valence-corrected chi connectivity index (χ0v) is 15.8. The quantitative estimate of drug-likeness (QED) is 0.512. The first-order valence-electron chi connectivity index (χ1n) is 8.38. The van der Waals surface area contributed by atoms with Gasteiger partial charge in [-0.3, -0.25) is 10.1 Å². The van der Waals surface area contributed by atoms with Gasteiger partial charge >= 0.3 is 5.69 Å². The van der Waals surface area contributed by atoms with Crippen molar-refractivity contribution in [2.75, 3.05) is 13.1 Å². The molecule has 0 aliphatic heterocycles. The maximum Gasteiger partial charge on any atom is 0.312 e. The minimum Gasteiger partial charge on any atom is -0.450 e. The smallest absolute Gasteiger partial charge is 0.312 e. The molecule has 0 bridgehead atoms. The van der Waals surface area contributed by atoms with E-state index in [4.69, 9.17) is 4.74 Å². The lowest BCUT2D eigenvalue weighted by Gasteiger charge is -2.18. The summed E-state index contributed by atoms with van der Waals surface area (Å²) < 4.78 is 32.1. The van der Waals surface area contributed by atoms with Gasteiger partial charge < -0.3 is 4.74 Å². The van der Waals surface area contributed by atoms with Crippen LogP contribution >= 0.6 is 0 Å². The van der Waals surface area contributed by atoms with Gasteiger partial charge in [0.2, 0.25) is 15.8 Å². The number of rotatable bonds is 8. The molecule has 140 valence electrons. The summed E-state index contributed by atoms with van der Waals surface area (Å²) in [6, 6.07) is 10.9. The predicted molar refractivity (Wildman–Crippen MR) is 99.1 cm³/mol. The van der Waals surface area contributed by atoms with Crippen LogP contribution in [0.25, 0.3) is 0 Å². The van der Waals surface area contributed by atoms with Crippen molar-refractivity contribution in [1.82, 2.24) is 4.31 Å². The fraction of sp³-hybridized carbons (Fsp3) is 0.333. The van der Waals surface area contributed by atoms with E-state index >= 15 is 0 Å². The van der Waals surface area contributed by atoms with E-state index in [1.807, 2.05) is 13.0 Å². The number of nitrogens with zero attached hydrogens (tertiary/aromatic N) is 2. The standard InChI is InChI=1S/C18H22N2O5S/c1-4-14-8-7-9-15(12-14)25-18-11-10-16(13-17(18)20(21)22)26(23,24)19(5-2)6-3/h7-13H,4-6H2,1-3H3. The van der Waals surface area contributed by atoms with E-state index in [2.05, 4.69) is 0 Å². The highest BCUT2D eigenvalue weighted by Crippen LogP contribution is 2.34. The van der Waals surface area contributed by atoms with Crippen LogP contribution in [0.3, 0.4) is 0 Å². The van der Waals surface area contributed by atoms with Crippen molar-refractivity contribution in [3.63, 3.8) is 0 Å². The molecule has 0 heterocycles. The van der Waals surface area contributed by atoms with Crippen LogP contribution in [0.5, 0.6) is 11.5 Å². The highest BCUT2D eigenvalue weighted by Gasteiger charge is 2.26. The zero-order valence-electron chi connectivity index (χ0n) is 15.0. The van der Waals surface area contributed by atoms with Crippen LogP contribution in [0.2, 0.25) is 0 Å². The van der Waals surface area contributed by atoms with Gasteiger partial charge in [0.1, 0.15) is 5.75 Å². The van der Waals surface area contributed by atoms with E-state index in [1.165, 1.54) is 16.4 Å². The summed E-state index contributed by atoms with van der Waals surface area (Å²) in [5.74, 6) is 0.466. The monoisotopic (exact) mass is 378 g/mol. The number of benzene rings is 2. The lowest BCUT2D eigenvalue weighted by molar-refractivity contribution is -0.385. The second-order valence-electron chi connectivity index (χ2n) is 5.58. The molecule has 0 saturated heterocycles. The SMILES string of the molecule is CCc1cccc(Oc2ccc(S(=O)(=O)N(CC)CC)cc2[N+](=O)[O-])c1. The average molecular weight is 378 g/mol. The normalized spacial score (nSPS) is 11.5. The Bertz CT molecular complexity index is 892. The van der Waals surface area contributed by atoms with E-state index in [0.717, 1.165) is 18.1 Å². The molecule has 7 nitrogen and oxygen atoms in total. The number of nitro benzene ring substituents is 1. The Morgan fingerprint density at radius 1 is 1.08 bits per heavy atom. The molecule has 0 spiro atoms. The molecule has 0 fully saturated rings. The van der Waals surface area contributed by atoms with Crippen molar-refractivity contribution in [2.24, 2.45) is 0 Å². The van der Waals surface area contributed by atoms with Gasteiger partial charge in [-0.05, 0) is 36.2 Å². The fourth-order valence-corrected chi connectivity index (χ4v) is 4.03. The first-order valence-corrected chi connectivity index (χ1v) is 9.82. The van der Waals surface area contributed by atoms with Gasteiger partial charge in [-0.15, -0.1) is 0 Å². The van der Waals surface area contributed by atoms with Gasteiger partial charge in [0.25, 0.3) is 0 Å². The Hall–Kier alpha value is -2.45. The van der Waals surface area contributed by atoms with E-state index in [1.54, 1.807) is 32.0 Å². The van der Waals surface area contributed by atoms with Crippen LogP contribution in [-0.4, -0.2) is 30.7 Å². The number of sulfonamides is 1. The van der Waals surface area contributed by atoms with Crippen molar-refractivity contribution >= 4 is 15.7 Å². The molecule has 0 amide bonds. The lowest BCUT2D eigenvalue weighted by Crippen LogP contribution is -2.30. The summed E-state index contributed by atoms with van der Waals surface area (Å²) in [7, 11) is -3.78. The summed E-state index contributed by atoms with van der Waals surface area (Å²) in [4.78, 5) is 10.7. The van der Waals surface area contributed by atoms with Crippen LogP contribution in [0.1, 0.15) is 26.3 Å². The van der Waals surface area contributed by atoms with E-state index in [9.17, 15) is 18.5 Å². The molecule has 0 aliphatic carbocycles. The Morgan fingerprint density at radius 3 is 2.35 bits per heavy atom. The number of hydrogen-bond acceptors (Lipinski definition) is 5. The van der Waals surface area contributed by atoms with E-state index in [0.29, 0.717) is 5.75 Å². The highest BCUT2D eigenvalue weighted by molar-refractivity contribution is 7.89. The lowest BCUT2D eigenvalue weighted by atomic mass is 10.2. The largest absolute Gasteiger partial charge is 0.450 e. The molecule has 0 unspecified atom stereocenters. The summed E-state index contributed by atoms with van der Waals surface area (Å²) >= 11 is 0. The molecule has 8 heteroatoms. The molecule has 26 heavy (non-hydrogen) atoms. The van der Waals surface area contributed by atoms with E-state index in [-0.39, 0.29) is 29.4 Å². The number of ether oxygens (including phenoxy) is 1. The second-order valence-corrected chi connectivity index (χ2v) is 7.52. The summed E-state index contributed by atoms with van der Waals surface area (Å²) in [5.41, 5.74) is 0.644. The average Bonchev–Trinajstić information content (AvgIpc) is 2.62. The van der Waals surface area contributed by atoms with Crippen LogP contribution in [0.4, 0.5) is 5.69 Å². The molecule has 0 saturated carbocycles. The van der Waals surface area contributed by atoms with Gasteiger partial charge in [-0.1, -0.05) is 32.9 Å². The third-order valence-corrected chi connectivity index (χ3v) is 6.05. The maximum atomic E-state index is 12.6. The van der Waals surface area contributed by atoms with Crippen molar-refractivity contribution < 1.29 is 18.1 Å². The Morgan fingerprint density at radius 2 is 1.77 bits per heavy atom. The second kappa shape index (κ2) is 8.29. The van der Waals surface area contributed by atoms with Gasteiger partial charge in [0.15, 0.2) is 0 Å². The topological polar surface area (TPSA) is 89.8 Å². The first kappa shape index (κ1) is 19.9. The van der Waals surface area contributed by atoms with Crippen LogP contribution in [0, 0.1) is 10.1 Å². The van der Waals surface area contributed by atoms with Crippen LogP contribution in [0.15, 0.2) is 47.4 Å². The van der Waals surface area contributed by atoms with Crippen LogP contribution in [-0.2, 0) is 16.4 Å². The number of hydrogen-bond donors (Lipinski definition) is 0. The highest BCUT2D eigenvalue weighted by atomic mass is 32.2. The molecule has 2 aromatic carbocycles. The maximum absolute atomic E-state index is 12.6. The molecule has 0 N–H and O–H groups in total. The van der Waals surface area contributed by atoms with Gasteiger partial charge in [0.05, 0.1) is 9.82 Å². The molecule has 0 aromatic heterocycles. The minimum atomic E-state index is -3.78. The van der Waals surface area contributed by atoms with Crippen LogP contribution < -0.4 is 4.74 Å². The van der Waals surface area contributed by atoms with E-state index < -0.39 is 14.9 Å². The molecule has 2 aromatic rings. The predicted octanol–water partition coefficient (Wildman–Crippen LogP) is 3.98. The molecule has 0 aliphatic rings. The molecule has 0 atom stereocenters. The van der Waals surface area contributed by atoms with Gasteiger partial charge in [-0.25, -0.2) is 8.42 Å². The number of aryl methyl sites for hydroxylation is 1. The van der Waals surface area contributed by atoms with Crippen molar-refractivity contribution in [3.8, 4) is 11.5 Å². The Balaban J connectivity index is 2.45. The number of nitro groups is 1. The minimum absolute atomic E-state index is 0.00162. The zero-order chi connectivity index (χ0) is 19.3. The summed E-state index contributed by atoms with van der Waals surface area (Å²) in [5, 5.41) is 11.4. The molecular weight excluding hydrogens is 356 g/mol. The van der Waals surface area contributed by atoms with Gasteiger partial charge in [0, 0.05) is 19.2 Å². The Labute approximate surface area is 153 Å². The summed E-state index contributed by atoms with van der Waals surface area (Å²) in [6.45, 7) is 6.00. The van der Waals surface area contributed by atoms with Crippen molar-refractivity contribution in [2.45, 2.75) is 32.1 Å². The third-order valence-electron chi connectivity index (χ3n) is 4.00. The fourth-order valence-electron chi connectivity index (χ4n) is 2.56. The van der Waals surface area contributed by atoms with Crippen molar-refractivity contribution in [1.29, 1.82) is 0 Å². The molecule has 2 rings (SSSR count). The first-order chi connectivity index (χ1) is 12.3. The summed E-state index contributed by atoms with van der Waals surface area (Å²) in [6.07, 6.45) is 0.806. The third kappa shape index (κ3) is 4.20. The van der Waals surface area contributed by atoms with Gasteiger partial charge in [-0.2, -0.15) is 4.31 Å². The van der Waals surface area contributed by atoms with Crippen molar-refractivity contribution in [3.05, 3.63) is 58.1 Å².